The summed E-state index contributed by atoms with van der Waals surface area (Å²) < 4.78 is 21.1. The molecule has 3 aromatic heterocycles. The number of pyridine rings is 1. The summed E-state index contributed by atoms with van der Waals surface area (Å²) in [6.07, 6.45) is 5.59. The summed E-state index contributed by atoms with van der Waals surface area (Å²) in [5, 5.41) is 12.6. The molecule has 5 rings (SSSR count). The first kappa shape index (κ1) is 18.1. The molecule has 4 heterocycles. The number of nitrogens with zero attached hydrogens (tertiary/aromatic N) is 5. The minimum absolute atomic E-state index is 0.141. The second-order valence-electron chi connectivity index (χ2n) is 7.14. The van der Waals surface area contributed by atoms with Gasteiger partial charge in [0.15, 0.2) is 11.3 Å². The number of halogens is 1. The first-order chi connectivity index (χ1) is 14.6. The van der Waals surface area contributed by atoms with E-state index < -0.39 is 0 Å². The van der Waals surface area contributed by atoms with Crippen LogP contribution in [0.1, 0.15) is 17.0 Å². The van der Waals surface area contributed by atoms with Gasteiger partial charge in [0, 0.05) is 41.2 Å². The van der Waals surface area contributed by atoms with E-state index in [4.69, 9.17) is 4.74 Å². The second-order valence-corrected chi connectivity index (χ2v) is 7.14. The van der Waals surface area contributed by atoms with Gasteiger partial charge in [0.2, 0.25) is 5.95 Å². The third kappa shape index (κ3) is 3.10. The monoisotopic (exact) mass is 400 g/mol. The number of aryl methyl sites for hydroxylation is 1. The van der Waals surface area contributed by atoms with Crippen molar-refractivity contribution in [3.63, 3.8) is 0 Å². The van der Waals surface area contributed by atoms with Crippen LogP contribution in [0.25, 0.3) is 16.8 Å². The Morgan fingerprint density at radius 3 is 3.03 bits per heavy atom. The molecule has 0 aliphatic carbocycles. The van der Waals surface area contributed by atoms with Crippen LogP contribution in [0.2, 0.25) is 0 Å². The van der Waals surface area contributed by atoms with Crippen LogP contribution in [0.15, 0.2) is 48.9 Å². The Labute approximate surface area is 171 Å². The Balaban J connectivity index is 1.45. The highest BCUT2D eigenvalue weighted by Crippen LogP contribution is 2.30. The summed E-state index contributed by atoms with van der Waals surface area (Å²) in [4.78, 5) is 13.3. The lowest BCUT2D eigenvalue weighted by Gasteiger charge is -2.14. The molecule has 1 unspecified atom stereocenters. The van der Waals surface area contributed by atoms with Gasteiger partial charge >= 0.3 is 0 Å². The lowest BCUT2D eigenvalue weighted by atomic mass is 10.1. The molecule has 0 bridgehead atoms. The van der Waals surface area contributed by atoms with Gasteiger partial charge in [0.1, 0.15) is 23.7 Å². The molecule has 7 nitrogen and oxygen atoms in total. The van der Waals surface area contributed by atoms with E-state index in [1.807, 2.05) is 19.1 Å². The molecular formula is C22H17FN6O. The van der Waals surface area contributed by atoms with E-state index in [-0.39, 0.29) is 11.9 Å². The zero-order chi connectivity index (χ0) is 20.7. The van der Waals surface area contributed by atoms with Crippen LogP contribution in [0, 0.1) is 24.1 Å². The predicted molar refractivity (Wildman–Crippen MR) is 109 cm³/mol. The maximum atomic E-state index is 13.4. The van der Waals surface area contributed by atoms with Gasteiger partial charge in [-0.2, -0.15) is 5.26 Å². The summed E-state index contributed by atoms with van der Waals surface area (Å²) in [5.41, 5.74) is 4.34. The van der Waals surface area contributed by atoms with Crippen molar-refractivity contribution in [1.82, 2.24) is 19.4 Å². The number of ether oxygens (including phenoxy) is 1. The highest BCUT2D eigenvalue weighted by molar-refractivity contribution is 5.79. The minimum Gasteiger partial charge on any atom is -0.488 e. The van der Waals surface area contributed by atoms with E-state index in [9.17, 15) is 9.65 Å². The van der Waals surface area contributed by atoms with Gasteiger partial charge in [-0.05, 0) is 31.2 Å². The fourth-order valence-electron chi connectivity index (χ4n) is 3.73. The smallest absolute Gasteiger partial charge is 0.208 e. The first-order valence-corrected chi connectivity index (χ1v) is 9.51. The maximum absolute atomic E-state index is 13.4. The zero-order valence-corrected chi connectivity index (χ0v) is 16.1. The van der Waals surface area contributed by atoms with Crippen molar-refractivity contribution in [1.29, 1.82) is 5.26 Å². The molecule has 0 radical (unpaired) electrons. The van der Waals surface area contributed by atoms with Gasteiger partial charge in [-0.25, -0.2) is 14.4 Å². The molecule has 0 saturated carbocycles. The normalized spacial score (nSPS) is 14.9. The molecule has 30 heavy (non-hydrogen) atoms. The summed E-state index contributed by atoms with van der Waals surface area (Å²) in [7, 11) is 0. The number of anilines is 1. The number of benzene rings is 1. The molecule has 0 saturated heterocycles. The number of nitrogens with one attached hydrogen (secondary N) is 1. The van der Waals surface area contributed by atoms with Gasteiger partial charge in [0.05, 0.1) is 12.7 Å². The molecule has 1 aliphatic rings. The first-order valence-electron chi connectivity index (χ1n) is 9.51. The fourth-order valence-corrected chi connectivity index (χ4v) is 3.73. The number of nitriles is 1. The van der Waals surface area contributed by atoms with Crippen molar-refractivity contribution in [2.45, 2.75) is 19.4 Å². The maximum Gasteiger partial charge on any atom is 0.208 e. The Morgan fingerprint density at radius 1 is 1.30 bits per heavy atom. The third-order valence-electron chi connectivity index (χ3n) is 5.15. The summed E-state index contributed by atoms with van der Waals surface area (Å²) >= 11 is 0. The van der Waals surface area contributed by atoms with Crippen molar-refractivity contribution in [2.75, 3.05) is 11.9 Å². The highest BCUT2D eigenvalue weighted by Gasteiger charge is 2.24. The standard InChI is InChI=1S/C22H17FN6O/c1-13-18(3-2-6-25-13)19-11-27-22(29-12-16(9-24)28-21(19)29)26-10-17-8-14-7-15(23)4-5-20(14)30-17/h2-7,11-12,17H,8,10H2,1H3,(H,26,27). The Bertz CT molecular complexity index is 1310. The van der Waals surface area contributed by atoms with Gasteiger partial charge in [0.25, 0.3) is 0 Å². The van der Waals surface area contributed by atoms with Crippen LogP contribution in [0.5, 0.6) is 5.75 Å². The molecule has 0 spiro atoms. The van der Waals surface area contributed by atoms with Gasteiger partial charge in [-0.15, -0.1) is 0 Å². The molecule has 1 aromatic carbocycles. The van der Waals surface area contributed by atoms with Crippen LogP contribution >= 0.6 is 0 Å². The predicted octanol–water partition coefficient (Wildman–Crippen LogP) is 3.53. The number of rotatable bonds is 4. The molecule has 8 heteroatoms. The lowest BCUT2D eigenvalue weighted by molar-refractivity contribution is 0.246. The Hall–Kier alpha value is -3.99. The van der Waals surface area contributed by atoms with Gasteiger partial charge < -0.3 is 10.1 Å². The fraction of sp³-hybridized carbons (Fsp3) is 0.182. The van der Waals surface area contributed by atoms with Crippen molar-refractivity contribution in [2.24, 2.45) is 0 Å². The largest absolute Gasteiger partial charge is 0.488 e. The van der Waals surface area contributed by atoms with E-state index in [0.717, 1.165) is 22.4 Å². The van der Waals surface area contributed by atoms with E-state index in [0.29, 0.717) is 36.0 Å². The average Bonchev–Trinajstić information content (AvgIpc) is 3.36. The van der Waals surface area contributed by atoms with Gasteiger partial charge in [-0.1, -0.05) is 6.07 Å². The van der Waals surface area contributed by atoms with Crippen LogP contribution in [-0.2, 0) is 6.42 Å². The average molecular weight is 400 g/mol. The molecule has 148 valence electrons. The number of hydrogen-bond acceptors (Lipinski definition) is 6. The Morgan fingerprint density at radius 2 is 2.20 bits per heavy atom. The van der Waals surface area contributed by atoms with E-state index in [2.05, 4.69) is 26.3 Å². The van der Waals surface area contributed by atoms with Crippen molar-refractivity contribution in [3.8, 4) is 22.9 Å². The lowest BCUT2D eigenvalue weighted by Crippen LogP contribution is -2.25. The molecule has 0 amide bonds. The summed E-state index contributed by atoms with van der Waals surface area (Å²) in [6.45, 7) is 2.40. The molecule has 0 fully saturated rings. The summed E-state index contributed by atoms with van der Waals surface area (Å²) in [6, 6.07) is 10.5. The van der Waals surface area contributed by atoms with Crippen LogP contribution < -0.4 is 10.1 Å². The number of hydrogen-bond donors (Lipinski definition) is 1. The van der Waals surface area contributed by atoms with Crippen molar-refractivity contribution in [3.05, 3.63) is 71.7 Å². The zero-order valence-electron chi connectivity index (χ0n) is 16.1. The van der Waals surface area contributed by atoms with E-state index in [1.54, 1.807) is 29.1 Å². The van der Waals surface area contributed by atoms with Gasteiger partial charge in [-0.3, -0.25) is 9.38 Å². The minimum atomic E-state index is -0.266. The topological polar surface area (TPSA) is 88.1 Å². The van der Waals surface area contributed by atoms with Crippen LogP contribution in [0.4, 0.5) is 10.3 Å². The SMILES string of the molecule is Cc1ncccc1-c1cnc(NCC2Cc3cc(F)ccc3O2)n2cc(C#N)nc12. The van der Waals surface area contributed by atoms with Crippen molar-refractivity contribution >= 4 is 11.6 Å². The third-order valence-corrected chi connectivity index (χ3v) is 5.15. The molecule has 4 aromatic rings. The second kappa shape index (κ2) is 7.12. The number of fused-ring (bicyclic) bond motifs is 2. The molecular weight excluding hydrogens is 383 g/mol. The number of aromatic nitrogens is 4. The van der Waals surface area contributed by atoms with E-state index >= 15 is 0 Å². The molecule has 1 atom stereocenters. The van der Waals surface area contributed by atoms with Crippen LogP contribution in [-0.4, -0.2) is 32.0 Å². The molecule has 1 aliphatic heterocycles. The van der Waals surface area contributed by atoms with E-state index in [1.165, 1.54) is 12.1 Å². The quantitative estimate of drug-likeness (QED) is 0.564. The van der Waals surface area contributed by atoms with Crippen molar-refractivity contribution < 1.29 is 9.13 Å². The van der Waals surface area contributed by atoms with Crippen LogP contribution in [0.3, 0.4) is 0 Å². The highest BCUT2D eigenvalue weighted by atomic mass is 19.1. The number of imidazole rings is 1. The Kier molecular flexibility index (Phi) is 4.29. The summed E-state index contributed by atoms with van der Waals surface area (Å²) in [5.74, 6) is 0.992. The molecule has 1 N–H and O–H groups in total.